The van der Waals surface area contributed by atoms with Crippen LogP contribution in [0, 0.1) is 5.82 Å². The summed E-state index contributed by atoms with van der Waals surface area (Å²) >= 11 is 6.50. The molecule has 0 fully saturated rings. The molecule has 3 nitrogen and oxygen atoms in total. The molecule has 0 radical (unpaired) electrons. The van der Waals surface area contributed by atoms with Crippen LogP contribution in [0.5, 0.6) is 0 Å². The van der Waals surface area contributed by atoms with Gasteiger partial charge in [-0.2, -0.15) is 0 Å². The Kier molecular flexibility index (Phi) is 6.42. The second-order valence-electron chi connectivity index (χ2n) is 4.70. The first-order valence-electron chi connectivity index (χ1n) is 6.25. The third-order valence-corrected chi connectivity index (χ3v) is 4.53. The van der Waals surface area contributed by atoms with Crippen LogP contribution >= 0.6 is 24.0 Å². The molecule has 0 saturated carbocycles. The predicted molar refractivity (Wildman–Crippen MR) is 86.3 cm³/mol. The van der Waals surface area contributed by atoms with Crippen LogP contribution in [0.25, 0.3) is 0 Å². The number of thioether (sulfide) groups is 1. The molecule has 6 heteroatoms. The van der Waals surface area contributed by atoms with Crippen LogP contribution in [-0.2, 0) is 4.79 Å². The summed E-state index contributed by atoms with van der Waals surface area (Å²) in [5.41, 5.74) is 0.868. The SMILES string of the molecule is C[C@H](NC(=O)[C@@H](C)SC(=S)N(C)C)c1ccc(F)cc1. The highest BCUT2D eigenvalue weighted by molar-refractivity contribution is 8.23. The Morgan fingerprint density at radius 3 is 2.35 bits per heavy atom. The van der Waals surface area contributed by atoms with E-state index in [1.54, 1.807) is 17.0 Å². The summed E-state index contributed by atoms with van der Waals surface area (Å²) in [7, 11) is 3.70. The number of nitrogens with zero attached hydrogens (tertiary/aromatic N) is 1. The third-order valence-electron chi connectivity index (χ3n) is 2.74. The van der Waals surface area contributed by atoms with Gasteiger partial charge in [-0.1, -0.05) is 36.1 Å². The number of benzene rings is 1. The monoisotopic (exact) mass is 314 g/mol. The first-order chi connectivity index (χ1) is 9.31. The lowest BCUT2D eigenvalue weighted by Crippen LogP contribution is -2.34. The van der Waals surface area contributed by atoms with Gasteiger partial charge >= 0.3 is 0 Å². The Bertz CT molecular complexity index is 477. The maximum Gasteiger partial charge on any atom is 0.233 e. The van der Waals surface area contributed by atoms with Crippen molar-refractivity contribution in [3.8, 4) is 0 Å². The van der Waals surface area contributed by atoms with Gasteiger partial charge in [-0.05, 0) is 31.5 Å². The average molecular weight is 314 g/mol. The number of nitrogens with one attached hydrogen (secondary N) is 1. The summed E-state index contributed by atoms with van der Waals surface area (Å²) in [5, 5.41) is 2.63. The number of hydrogen-bond acceptors (Lipinski definition) is 3. The van der Waals surface area contributed by atoms with Crippen LogP contribution in [0.3, 0.4) is 0 Å². The molecule has 2 atom stereocenters. The van der Waals surface area contributed by atoms with Crippen LogP contribution in [-0.4, -0.2) is 34.5 Å². The van der Waals surface area contributed by atoms with Crippen molar-refractivity contribution in [3.05, 3.63) is 35.6 Å². The van der Waals surface area contributed by atoms with Crippen molar-refractivity contribution in [2.75, 3.05) is 14.1 Å². The van der Waals surface area contributed by atoms with E-state index in [0.717, 1.165) is 5.56 Å². The molecule has 0 aliphatic rings. The number of carbonyl (C=O) groups is 1. The van der Waals surface area contributed by atoms with Gasteiger partial charge in [-0.25, -0.2) is 4.39 Å². The largest absolute Gasteiger partial charge is 0.364 e. The fourth-order valence-electron chi connectivity index (χ4n) is 1.48. The summed E-state index contributed by atoms with van der Waals surface area (Å²) < 4.78 is 13.5. The summed E-state index contributed by atoms with van der Waals surface area (Å²) in [4.78, 5) is 13.9. The van der Waals surface area contributed by atoms with Gasteiger partial charge in [-0.3, -0.25) is 4.79 Å². The second-order valence-corrected chi connectivity index (χ2v) is 6.68. The van der Waals surface area contributed by atoms with Crippen molar-refractivity contribution >= 4 is 34.2 Å². The van der Waals surface area contributed by atoms with Crippen LogP contribution in [0.15, 0.2) is 24.3 Å². The lowest BCUT2D eigenvalue weighted by atomic mass is 10.1. The number of carbonyl (C=O) groups excluding carboxylic acids is 1. The standard InChI is InChI=1S/C14H19FN2OS2/c1-9(11-5-7-12(15)8-6-11)16-13(18)10(2)20-14(19)17(3)4/h5-10H,1-4H3,(H,16,18)/t9-,10+/m0/s1. The van der Waals surface area contributed by atoms with Gasteiger partial charge in [0.25, 0.3) is 0 Å². The Hall–Kier alpha value is -1.14. The fraction of sp³-hybridized carbons (Fsp3) is 0.429. The zero-order valence-electron chi connectivity index (χ0n) is 12.0. The average Bonchev–Trinajstić information content (AvgIpc) is 2.38. The highest BCUT2D eigenvalue weighted by Gasteiger charge is 2.19. The van der Waals surface area contributed by atoms with Crippen molar-refractivity contribution in [3.63, 3.8) is 0 Å². The highest BCUT2D eigenvalue weighted by atomic mass is 32.2. The van der Waals surface area contributed by atoms with Gasteiger partial charge in [0.2, 0.25) is 5.91 Å². The van der Waals surface area contributed by atoms with E-state index in [-0.39, 0.29) is 23.0 Å². The molecule has 0 bridgehead atoms. The van der Waals surface area contributed by atoms with Crippen molar-refractivity contribution in [2.24, 2.45) is 0 Å². The van der Waals surface area contributed by atoms with E-state index in [9.17, 15) is 9.18 Å². The smallest absolute Gasteiger partial charge is 0.233 e. The Morgan fingerprint density at radius 1 is 1.30 bits per heavy atom. The maximum absolute atomic E-state index is 12.9. The molecular formula is C14H19FN2OS2. The minimum Gasteiger partial charge on any atom is -0.364 e. The van der Waals surface area contributed by atoms with Crippen LogP contribution < -0.4 is 5.32 Å². The van der Waals surface area contributed by atoms with E-state index < -0.39 is 0 Å². The van der Waals surface area contributed by atoms with Gasteiger partial charge in [0.1, 0.15) is 10.1 Å². The van der Waals surface area contributed by atoms with E-state index in [2.05, 4.69) is 5.32 Å². The number of halogens is 1. The molecule has 0 aliphatic carbocycles. The Balaban J connectivity index is 2.56. The van der Waals surface area contributed by atoms with Crippen molar-refractivity contribution in [2.45, 2.75) is 25.1 Å². The predicted octanol–water partition coefficient (Wildman–Crippen LogP) is 2.97. The van der Waals surface area contributed by atoms with Gasteiger partial charge in [0.15, 0.2) is 0 Å². The lowest BCUT2D eigenvalue weighted by molar-refractivity contribution is -0.120. The number of rotatable bonds is 4. The molecule has 0 spiro atoms. The number of hydrogen-bond donors (Lipinski definition) is 1. The summed E-state index contributed by atoms with van der Waals surface area (Å²) in [6.45, 7) is 3.68. The summed E-state index contributed by atoms with van der Waals surface area (Å²) in [5.74, 6) is -0.372. The minimum atomic E-state index is -0.285. The van der Waals surface area contributed by atoms with E-state index >= 15 is 0 Å². The summed E-state index contributed by atoms with van der Waals surface area (Å²) in [6, 6.07) is 5.94. The fourth-order valence-corrected chi connectivity index (χ4v) is 2.60. The van der Waals surface area contributed by atoms with Crippen LogP contribution in [0.4, 0.5) is 4.39 Å². The van der Waals surface area contributed by atoms with Gasteiger partial charge < -0.3 is 10.2 Å². The Labute approximate surface area is 128 Å². The molecule has 0 heterocycles. The zero-order valence-corrected chi connectivity index (χ0v) is 13.6. The topological polar surface area (TPSA) is 32.3 Å². The van der Waals surface area contributed by atoms with Crippen molar-refractivity contribution in [1.29, 1.82) is 0 Å². The lowest BCUT2D eigenvalue weighted by Gasteiger charge is -2.20. The molecule has 1 aromatic carbocycles. The third kappa shape index (κ3) is 5.09. The molecular weight excluding hydrogens is 295 g/mol. The van der Waals surface area contributed by atoms with Crippen LogP contribution in [0.1, 0.15) is 25.5 Å². The van der Waals surface area contributed by atoms with E-state index in [4.69, 9.17) is 12.2 Å². The van der Waals surface area contributed by atoms with Crippen molar-refractivity contribution < 1.29 is 9.18 Å². The molecule has 1 aromatic rings. The Morgan fingerprint density at radius 2 is 1.85 bits per heavy atom. The minimum absolute atomic E-state index is 0.0870. The van der Waals surface area contributed by atoms with E-state index in [1.807, 2.05) is 27.9 Å². The zero-order chi connectivity index (χ0) is 15.3. The maximum atomic E-state index is 12.9. The van der Waals surface area contributed by atoms with Gasteiger partial charge in [0.05, 0.1) is 11.3 Å². The number of amides is 1. The molecule has 20 heavy (non-hydrogen) atoms. The first kappa shape index (κ1) is 16.9. The van der Waals surface area contributed by atoms with Gasteiger partial charge in [0, 0.05) is 14.1 Å². The molecule has 110 valence electrons. The number of thiocarbonyl (C=S) groups is 1. The summed E-state index contributed by atoms with van der Waals surface area (Å²) in [6.07, 6.45) is 0. The van der Waals surface area contributed by atoms with Crippen molar-refractivity contribution in [1.82, 2.24) is 10.2 Å². The van der Waals surface area contributed by atoms with E-state index in [1.165, 1.54) is 23.9 Å². The van der Waals surface area contributed by atoms with Gasteiger partial charge in [-0.15, -0.1) is 0 Å². The molecule has 0 aromatic heterocycles. The molecule has 0 aliphatic heterocycles. The first-order valence-corrected chi connectivity index (χ1v) is 7.54. The molecule has 0 unspecified atom stereocenters. The quantitative estimate of drug-likeness (QED) is 0.866. The van der Waals surface area contributed by atoms with Crippen LogP contribution in [0.2, 0.25) is 0 Å². The molecule has 1 rings (SSSR count). The molecule has 0 saturated heterocycles. The van der Waals surface area contributed by atoms with E-state index in [0.29, 0.717) is 4.32 Å². The second kappa shape index (κ2) is 7.59. The molecule has 1 amide bonds. The normalized spacial score (nSPS) is 13.4. The molecule has 1 N–H and O–H groups in total. The highest BCUT2D eigenvalue weighted by Crippen LogP contribution is 2.17.